The maximum absolute atomic E-state index is 12.2. The van der Waals surface area contributed by atoms with E-state index in [-0.39, 0.29) is 18.1 Å². The van der Waals surface area contributed by atoms with Crippen LogP contribution in [0, 0.1) is 0 Å². The van der Waals surface area contributed by atoms with Crippen LogP contribution in [0.15, 0.2) is 47.1 Å². The number of halogens is 1. The summed E-state index contributed by atoms with van der Waals surface area (Å²) in [6.45, 7) is 6.25. The van der Waals surface area contributed by atoms with Crippen molar-refractivity contribution < 1.29 is 14.1 Å². The average Bonchev–Trinajstić information content (AvgIpc) is 3.27. The molecule has 2 unspecified atom stereocenters. The number of hydrogen-bond donors (Lipinski definition) is 1. The molecule has 8 nitrogen and oxygen atoms in total. The zero-order chi connectivity index (χ0) is 23.2. The fourth-order valence-electron chi connectivity index (χ4n) is 3.84. The molecule has 1 aliphatic heterocycles. The Kier molecular flexibility index (Phi) is 7.57. The van der Waals surface area contributed by atoms with Crippen LogP contribution in [0.3, 0.4) is 0 Å². The number of rotatable bonds is 8. The van der Waals surface area contributed by atoms with Gasteiger partial charge in [-0.3, -0.25) is 4.79 Å². The van der Waals surface area contributed by atoms with Crippen molar-refractivity contribution in [3.63, 3.8) is 0 Å². The number of amides is 1. The lowest BCUT2D eigenvalue weighted by Gasteiger charge is -2.36. The molecule has 2 aromatic heterocycles. The molecule has 0 radical (unpaired) electrons. The van der Waals surface area contributed by atoms with E-state index < -0.39 is 0 Å². The van der Waals surface area contributed by atoms with Gasteiger partial charge in [-0.2, -0.15) is 4.98 Å². The van der Waals surface area contributed by atoms with Gasteiger partial charge in [0.05, 0.1) is 12.2 Å². The number of nitrogens with zero attached hydrogens (tertiary/aromatic N) is 4. The molecule has 0 aliphatic carbocycles. The molecule has 4 rings (SSSR count). The largest absolute Gasteiger partial charge is 0.372 e. The Hall–Kier alpha value is -2.97. The molecule has 1 N–H and O–H groups in total. The van der Waals surface area contributed by atoms with Gasteiger partial charge in [0.15, 0.2) is 0 Å². The van der Waals surface area contributed by atoms with Crippen LogP contribution in [0.25, 0.3) is 11.4 Å². The summed E-state index contributed by atoms with van der Waals surface area (Å²) in [5.74, 6) is 1.94. The van der Waals surface area contributed by atoms with Crippen LogP contribution >= 0.6 is 11.6 Å². The molecule has 1 aromatic carbocycles. The second-order valence-corrected chi connectivity index (χ2v) is 8.77. The van der Waals surface area contributed by atoms with Gasteiger partial charge in [0.25, 0.3) is 0 Å². The van der Waals surface area contributed by atoms with E-state index in [1.54, 1.807) is 12.1 Å². The first-order valence-electron chi connectivity index (χ1n) is 11.2. The van der Waals surface area contributed by atoms with Crippen molar-refractivity contribution in [3.8, 4) is 11.4 Å². The Morgan fingerprint density at radius 2 is 1.91 bits per heavy atom. The number of benzene rings is 1. The monoisotopic (exact) mass is 469 g/mol. The van der Waals surface area contributed by atoms with Crippen molar-refractivity contribution in [2.45, 2.75) is 51.9 Å². The third kappa shape index (κ3) is 6.52. The predicted octanol–water partition coefficient (Wildman–Crippen LogP) is 4.04. The fraction of sp³-hybridized carbons (Fsp3) is 0.417. The molecule has 1 amide bonds. The SMILES string of the molecule is CC1CN(c2ccc(CNC(=O)CCCc3nc(-c4ccc(Cl)cc4)no3)cn2)CC(C)O1. The fourth-order valence-corrected chi connectivity index (χ4v) is 3.96. The number of morpholine rings is 1. The van der Waals surface area contributed by atoms with E-state index in [2.05, 4.69) is 39.2 Å². The normalized spacial score (nSPS) is 18.3. The van der Waals surface area contributed by atoms with Crippen molar-refractivity contribution in [2.24, 2.45) is 0 Å². The summed E-state index contributed by atoms with van der Waals surface area (Å²) in [5.41, 5.74) is 1.80. The van der Waals surface area contributed by atoms with Crippen molar-refractivity contribution in [2.75, 3.05) is 18.0 Å². The Morgan fingerprint density at radius 1 is 1.15 bits per heavy atom. The van der Waals surface area contributed by atoms with Crippen LogP contribution in [0.1, 0.15) is 38.1 Å². The Morgan fingerprint density at radius 3 is 2.61 bits per heavy atom. The minimum atomic E-state index is -0.0210. The number of pyridine rings is 1. The number of aryl methyl sites for hydroxylation is 1. The number of aromatic nitrogens is 3. The molecule has 9 heteroatoms. The number of ether oxygens (including phenoxy) is 1. The van der Waals surface area contributed by atoms with E-state index in [9.17, 15) is 4.79 Å². The van der Waals surface area contributed by atoms with E-state index in [1.807, 2.05) is 30.5 Å². The van der Waals surface area contributed by atoms with Crippen LogP contribution in [-0.4, -0.2) is 46.3 Å². The third-order valence-corrected chi connectivity index (χ3v) is 5.66. The summed E-state index contributed by atoms with van der Waals surface area (Å²) < 4.78 is 11.1. The second-order valence-electron chi connectivity index (χ2n) is 8.34. The zero-order valence-electron chi connectivity index (χ0n) is 18.8. The third-order valence-electron chi connectivity index (χ3n) is 5.41. The summed E-state index contributed by atoms with van der Waals surface area (Å²) in [4.78, 5) is 23.4. The van der Waals surface area contributed by atoms with Crippen LogP contribution < -0.4 is 10.2 Å². The maximum atomic E-state index is 12.2. The Balaban J connectivity index is 1.19. The quantitative estimate of drug-likeness (QED) is 0.532. The number of carbonyl (C=O) groups excluding carboxylic acids is 1. The minimum absolute atomic E-state index is 0.0210. The topological polar surface area (TPSA) is 93.4 Å². The van der Waals surface area contributed by atoms with Gasteiger partial charge >= 0.3 is 0 Å². The lowest BCUT2D eigenvalue weighted by Crippen LogP contribution is -2.45. The molecule has 1 aliphatic rings. The maximum Gasteiger partial charge on any atom is 0.226 e. The van der Waals surface area contributed by atoms with E-state index in [0.29, 0.717) is 42.5 Å². The summed E-state index contributed by atoms with van der Waals surface area (Å²) in [6, 6.07) is 11.2. The number of carbonyl (C=O) groups is 1. The molecule has 33 heavy (non-hydrogen) atoms. The van der Waals surface area contributed by atoms with E-state index in [4.69, 9.17) is 20.9 Å². The molecule has 3 heterocycles. The van der Waals surface area contributed by atoms with Crippen LogP contribution in [-0.2, 0) is 22.5 Å². The van der Waals surface area contributed by atoms with Gasteiger partial charge in [-0.1, -0.05) is 22.8 Å². The molecule has 0 bridgehead atoms. The van der Waals surface area contributed by atoms with Crippen molar-refractivity contribution in [3.05, 3.63) is 59.1 Å². The predicted molar refractivity (Wildman–Crippen MR) is 126 cm³/mol. The van der Waals surface area contributed by atoms with Crippen LogP contribution in [0.2, 0.25) is 5.02 Å². The number of hydrogen-bond acceptors (Lipinski definition) is 7. The molecule has 1 saturated heterocycles. The summed E-state index contributed by atoms with van der Waals surface area (Å²) in [6.07, 6.45) is 3.74. The van der Waals surface area contributed by atoms with Crippen LogP contribution in [0.4, 0.5) is 5.82 Å². The molecule has 0 saturated carbocycles. The number of anilines is 1. The molecule has 0 spiro atoms. The summed E-state index contributed by atoms with van der Waals surface area (Å²) in [5, 5.41) is 7.59. The molecular weight excluding hydrogens is 442 g/mol. The van der Waals surface area contributed by atoms with Gasteiger partial charge in [0.2, 0.25) is 17.6 Å². The second kappa shape index (κ2) is 10.8. The highest BCUT2D eigenvalue weighted by molar-refractivity contribution is 6.30. The molecular formula is C24H28ClN5O3. The highest BCUT2D eigenvalue weighted by Gasteiger charge is 2.23. The zero-order valence-corrected chi connectivity index (χ0v) is 19.6. The average molecular weight is 470 g/mol. The van der Waals surface area contributed by atoms with Crippen molar-refractivity contribution >= 4 is 23.3 Å². The summed E-state index contributed by atoms with van der Waals surface area (Å²) >= 11 is 5.90. The first-order chi connectivity index (χ1) is 16.0. The first kappa shape index (κ1) is 23.2. The molecule has 1 fully saturated rings. The van der Waals surface area contributed by atoms with Crippen molar-refractivity contribution in [1.29, 1.82) is 0 Å². The van der Waals surface area contributed by atoms with Crippen LogP contribution in [0.5, 0.6) is 0 Å². The van der Waals surface area contributed by atoms with Gasteiger partial charge in [-0.05, 0) is 56.2 Å². The Bertz CT molecular complexity index is 1040. The van der Waals surface area contributed by atoms with E-state index >= 15 is 0 Å². The molecule has 174 valence electrons. The first-order valence-corrected chi connectivity index (χ1v) is 11.5. The van der Waals surface area contributed by atoms with Gasteiger partial charge in [0, 0.05) is 49.3 Å². The Labute approximate surface area is 198 Å². The van der Waals surface area contributed by atoms with Gasteiger partial charge < -0.3 is 19.5 Å². The highest BCUT2D eigenvalue weighted by atomic mass is 35.5. The van der Waals surface area contributed by atoms with Gasteiger partial charge in [-0.15, -0.1) is 0 Å². The summed E-state index contributed by atoms with van der Waals surface area (Å²) in [7, 11) is 0. The van der Waals surface area contributed by atoms with E-state index in [1.165, 1.54) is 0 Å². The van der Waals surface area contributed by atoms with E-state index in [0.717, 1.165) is 30.0 Å². The minimum Gasteiger partial charge on any atom is -0.372 e. The number of nitrogens with one attached hydrogen (secondary N) is 1. The van der Waals surface area contributed by atoms with Gasteiger partial charge in [-0.25, -0.2) is 4.98 Å². The standard InChI is InChI=1S/C24H28ClN5O3/c1-16-14-30(15-17(2)32-16)21-11-6-18(12-26-21)13-27-22(31)4-3-5-23-28-24(29-33-23)19-7-9-20(25)10-8-19/h6-12,16-17H,3-5,13-15H2,1-2H3,(H,27,31). The smallest absolute Gasteiger partial charge is 0.226 e. The lowest BCUT2D eigenvalue weighted by molar-refractivity contribution is -0.121. The van der Waals surface area contributed by atoms with Crippen molar-refractivity contribution in [1.82, 2.24) is 20.4 Å². The lowest BCUT2D eigenvalue weighted by atomic mass is 10.2. The molecule has 3 aromatic rings. The highest BCUT2D eigenvalue weighted by Crippen LogP contribution is 2.20. The van der Waals surface area contributed by atoms with Gasteiger partial charge in [0.1, 0.15) is 5.82 Å². The molecule has 2 atom stereocenters.